The average Bonchev–Trinajstić information content (AvgIpc) is 2.44. The highest BCUT2D eigenvalue weighted by molar-refractivity contribution is 9.10. The number of anilines is 1. The Hall–Kier alpha value is -1.23. The van der Waals surface area contributed by atoms with Gasteiger partial charge in [0.15, 0.2) is 0 Å². The van der Waals surface area contributed by atoms with Crippen molar-refractivity contribution in [3.05, 3.63) is 56.0 Å². The van der Waals surface area contributed by atoms with Gasteiger partial charge in [-0.25, -0.2) is 0 Å². The Kier molecular flexibility index (Phi) is 5.14. The summed E-state index contributed by atoms with van der Waals surface area (Å²) in [4.78, 5) is 12.4. The van der Waals surface area contributed by atoms with Crippen LogP contribution in [0.4, 0.5) is 5.69 Å². The molecule has 0 spiro atoms. The lowest BCUT2D eigenvalue weighted by molar-refractivity contribution is 0.102. The first-order chi connectivity index (χ1) is 9.92. The molecule has 21 heavy (non-hydrogen) atoms. The van der Waals surface area contributed by atoms with Gasteiger partial charge >= 0.3 is 0 Å². The number of amides is 1. The summed E-state index contributed by atoms with van der Waals surface area (Å²) in [6.45, 7) is 1.89. The highest BCUT2D eigenvalue weighted by atomic mass is 79.9. The molecule has 2 aromatic carbocycles. The molecule has 6 heteroatoms. The molecule has 2 aromatic rings. The van der Waals surface area contributed by atoms with Gasteiger partial charge in [-0.05, 0) is 58.7 Å². The molecule has 0 heterocycles. The zero-order valence-corrected chi connectivity index (χ0v) is 14.4. The summed E-state index contributed by atoms with van der Waals surface area (Å²) in [6.07, 6.45) is 0. The summed E-state index contributed by atoms with van der Waals surface area (Å²) in [5.74, 6) is 0.110. The fraction of sp³-hybridized carbons (Fsp3) is 0.133. The van der Waals surface area contributed by atoms with Crippen LogP contribution in [0.5, 0.6) is 5.75 Å². The number of carbonyl (C=O) groups is 1. The highest BCUT2D eigenvalue weighted by Crippen LogP contribution is 2.30. The molecule has 0 bridgehead atoms. The van der Waals surface area contributed by atoms with E-state index in [0.29, 0.717) is 27.0 Å². The van der Waals surface area contributed by atoms with Crippen molar-refractivity contribution < 1.29 is 9.53 Å². The lowest BCUT2D eigenvalue weighted by Gasteiger charge is -2.12. The Bertz CT molecular complexity index is 704. The Morgan fingerprint density at radius 1 is 1.24 bits per heavy atom. The highest BCUT2D eigenvalue weighted by Gasteiger charge is 2.15. The van der Waals surface area contributed by atoms with Crippen molar-refractivity contribution in [1.29, 1.82) is 0 Å². The van der Waals surface area contributed by atoms with Gasteiger partial charge in [0.1, 0.15) is 5.75 Å². The number of halogens is 3. The van der Waals surface area contributed by atoms with Gasteiger partial charge in [-0.1, -0.05) is 23.2 Å². The van der Waals surface area contributed by atoms with Crippen LogP contribution in [0.1, 0.15) is 15.9 Å². The van der Waals surface area contributed by atoms with Crippen LogP contribution in [0, 0.1) is 6.92 Å². The smallest absolute Gasteiger partial charge is 0.259 e. The Morgan fingerprint density at radius 2 is 1.95 bits per heavy atom. The number of benzene rings is 2. The molecule has 0 aliphatic carbocycles. The van der Waals surface area contributed by atoms with Crippen LogP contribution in [0.2, 0.25) is 10.0 Å². The second-order valence-electron chi connectivity index (χ2n) is 4.38. The molecule has 1 amide bonds. The summed E-state index contributed by atoms with van der Waals surface area (Å²) >= 11 is 15.4. The second kappa shape index (κ2) is 6.69. The largest absolute Gasteiger partial charge is 0.496 e. The molecule has 2 rings (SSSR count). The fourth-order valence-corrected chi connectivity index (χ4v) is 2.67. The maximum atomic E-state index is 12.4. The summed E-state index contributed by atoms with van der Waals surface area (Å²) in [5.41, 5.74) is 1.91. The SMILES string of the molecule is COc1cc(Cl)ccc1C(=O)Nc1cc(Cl)c(C)cc1Br. The van der Waals surface area contributed by atoms with Crippen LogP contribution in [0.15, 0.2) is 34.8 Å². The number of aryl methyl sites for hydroxylation is 1. The first kappa shape index (κ1) is 16.1. The van der Waals surface area contributed by atoms with Crippen LogP contribution in [-0.4, -0.2) is 13.0 Å². The molecule has 0 fully saturated rings. The number of hydrogen-bond donors (Lipinski definition) is 1. The molecule has 1 N–H and O–H groups in total. The Morgan fingerprint density at radius 3 is 2.62 bits per heavy atom. The van der Waals surface area contributed by atoms with E-state index in [1.807, 2.05) is 13.0 Å². The number of rotatable bonds is 3. The zero-order chi connectivity index (χ0) is 15.6. The third-order valence-electron chi connectivity index (χ3n) is 2.90. The quantitative estimate of drug-likeness (QED) is 0.771. The van der Waals surface area contributed by atoms with Crippen molar-refractivity contribution >= 4 is 50.7 Å². The number of hydrogen-bond acceptors (Lipinski definition) is 2. The maximum Gasteiger partial charge on any atom is 0.259 e. The van der Waals surface area contributed by atoms with Gasteiger partial charge in [0, 0.05) is 14.5 Å². The molecule has 0 aromatic heterocycles. The zero-order valence-electron chi connectivity index (χ0n) is 11.3. The van der Waals surface area contributed by atoms with Gasteiger partial charge in [0.2, 0.25) is 0 Å². The molecule has 0 unspecified atom stereocenters. The van der Waals surface area contributed by atoms with E-state index >= 15 is 0 Å². The van der Waals surface area contributed by atoms with Gasteiger partial charge in [-0.15, -0.1) is 0 Å². The maximum absolute atomic E-state index is 12.4. The molecule has 0 atom stereocenters. The Balaban J connectivity index is 2.32. The first-order valence-corrected chi connectivity index (χ1v) is 7.58. The first-order valence-electron chi connectivity index (χ1n) is 6.03. The monoisotopic (exact) mass is 387 g/mol. The molecule has 0 aliphatic heterocycles. The van der Waals surface area contributed by atoms with Crippen molar-refractivity contribution in [2.24, 2.45) is 0 Å². The minimum absolute atomic E-state index is 0.302. The van der Waals surface area contributed by atoms with E-state index in [9.17, 15) is 4.79 Å². The van der Waals surface area contributed by atoms with Gasteiger partial charge < -0.3 is 10.1 Å². The third kappa shape index (κ3) is 3.70. The van der Waals surface area contributed by atoms with Crippen molar-refractivity contribution in [2.45, 2.75) is 6.92 Å². The Labute approximate surface area is 141 Å². The van der Waals surface area contributed by atoms with Crippen molar-refractivity contribution in [3.63, 3.8) is 0 Å². The van der Waals surface area contributed by atoms with Gasteiger partial charge in [-0.3, -0.25) is 4.79 Å². The topological polar surface area (TPSA) is 38.3 Å². The molecule has 110 valence electrons. The molecule has 3 nitrogen and oxygen atoms in total. The van der Waals surface area contributed by atoms with Gasteiger partial charge in [-0.2, -0.15) is 0 Å². The summed E-state index contributed by atoms with van der Waals surface area (Å²) in [7, 11) is 1.49. The van der Waals surface area contributed by atoms with E-state index in [4.69, 9.17) is 27.9 Å². The number of methoxy groups -OCH3 is 1. The number of ether oxygens (including phenoxy) is 1. The number of nitrogens with one attached hydrogen (secondary N) is 1. The average molecular weight is 389 g/mol. The van der Waals surface area contributed by atoms with Gasteiger partial charge in [0.05, 0.1) is 18.4 Å². The molecule has 0 aliphatic rings. The van der Waals surface area contributed by atoms with E-state index in [2.05, 4.69) is 21.2 Å². The summed E-state index contributed by atoms with van der Waals surface area (Å²) in [6, 6.07) is 8.38. The van der Waals surface area contributed by atoms with Crippen LogP contribution in [0.3, 0.4) is 0 Å². The second-order valence-corrected chi connectivity index (χ2v) is 6.08. The summed E-state index contributed by atoms with van der Waals surface area (Å²) < 4.78 is 5.93. The van der Waals surface area contributed by atoms with E-state index in [0.717, 1.165) is 10.0 Å². The summed E-state index contributed by atoms with van der Waals surface area (Å²) in [5, 5.41) is 3.88. The van der Waals surface area contributed by atoms with E-state index < -0.39 is 0 Å². The molecule has 0 radical (unpaired) electrons. The van der Waals surface area contributed by atoms with Crippen molar-refractivity contribution in [3.8, 4) is 5.75 Å². The lowest BCUT2D eigenvalue weighted by Crippen LogP contribution is -2.13. The fourth-order valence-electron chi connectivity index (χ4n) is 1.78. The lowest BCUT2D eigenvalue weighted by atomic mass is 10.1. The van der Waals surface area contributed by atoms with Crippen molar-refractivity contribution in [1.82, 2.24) is 0 Å². The minimum atomic E-state index is -0.302. The number of carbonyl (C=O) groups excluding carboxylic acids is 1. The normalized spacial score (nSPS) is 10.3. The molecular formula is C15H12BrCl2NO2. The predicted molar refractivity (Wildman–Crippen MR) is 89.8 cm³/mol. The molecule has 0 saturated carbocycles. The molecule has 0 saturated heterocycles. The third-order valence-corrected chi connectivity index (χ3v) is 4.20. The molecular weight excluding hydrogens is 377 g/mol. The van der Waals surface area contributed by atoms with Crippen LogP contribution in [-0.2, 0) is 0 Å². The van der Waals surface area contributed by atoms with Crippen LogP contribution in [0.25, 0.3) is 0 Å². The van der Waals surface area contributed by atoms with Gasteiger partial charge in [0.25, 0.3) is 5.91 Å². The van der Waals surface area contributed by atoms with Crippen molar-refractivity contribution in [2.75, 3.05) is 12.4 Å². The predicted octanol–water partition coefficient (Wildman–Crippen LogP) is 5.33. The minimum Gasteiger partial charge on any atom is -0.496 e. The standard InChI is InChI=1S/C15H12BrCl2NO2/c1-8-5-11(16)13(7-12(8)18)19-15(20)10-4-3-9(17)6-14(10)21-2/h3-7H,1-2H3,(H,19,20). The van der Waals surface area contributed by atoms with E-state index in [1.54, 1.807) is 24.3 Å². The van der Waals surface area contributed by atoms with E-state index in [1.165, 1.54) is 7.11 Å². The van der Waals surface area contributed by atoms with E-state index in [-0.39, 0.29) is 5.91 Å². The van der Waals surface area contributed by atoms with Crippen LogP contribution >= 0.6 is 39.1 Å². The van der Waals surface area contributed by atoms with Crippen LogP contribution < -0.4 is 10.1 Å².